The molecule has 2 N–H and O–H groups in total. The summed E-state index contributed by atoms with van der Waals surface area (Å²) in [5.74, 6) is 0.819. The van der Waals surface area contributed by atoms with E-state index in [4.69, 9.17) is 9.73 Å². The average Bonchev–Trinajstić information content (AvgIpc) is 2.93. The third kappa shape index (κ3) is 7.20. The fourth-order valence-electron chi connectivity index (χ4n) is 2.47. The molecule has 2 aromatic rings. The Bertz CT molecular complexity index is 703. The average molecular weight is 488 g/mol. The van der Waals surface area contributed by atoms with Gasteiger partial charge in [-0.2, -0.15) is 0 Å². The lowest BCUT2D eigenvalue weighted by atomic mass is 10.1. The molecule has 1 aromatic carbocycles. The van der Waals surface area contributed by atoms with Gasteiger partial charge in [0.05, 0.1) is 30.4 Å². The zero-order chi connectivity index (χ0) is 18.1. The molecule has 0 radical (unpaired) electrons. The van der Waals surface area contributed by atoms with Crippen molar-refractivity contribution >= 4 is 41.3 Å². The van der Waals surface area contributed by atoms with Crippen LogP contribution in [0.15, 0.2) is 29.3 Å². The maximum absolute atomic E-state index is 5.55. The fourth-order valence-corrected chi connectivity index (χ4v) is 3.35. The molecule has 0 amide bonds. The summed E-state index contributed by atoms with van der Waals surface area (Å²) in [4.78, 5) is 10.4. The smallest absolute Gasteiger partial charge is 0.191 e. The highest BCUT2D eigenvalue weighted by atomic mass is 127. The molecule has 144 valence electrons. The van der Waals surface area contributed by atoms with E-state index in [2.05, 4.69) is 41.6 Å². The number of benzene rings is 1. The Labute approximate surface area is 177 Å². The quantitative estimate of drug-likeness (QED) is 0.333. The van der Waals surface area contributed by atoms with Gasteiger partial charge in [0.1, 0.15) is 0 Å². The van der Waals surface area contributed by atoms with Gasteiger partial charge < -0.3 is 15.4 Å². The molecular weight excluding hydrogens is 459 g/mol. The van der Waals surface area contributed by atoms with Crippen molar-refractivity contribution in [1.82, 2.24) is 15.6 Å². The first kappa shape index (κ1) is 22.9. The number of aromatic nitrogens is 1. The van der Waals surface area contributed by atoms with E-state index >= 15 is 0 Å². The van der Waals surface area contributed by atoms with Crippen LogP contribution in [0.4, 0.5) is 0 Å². The summed E-state index contributed by atoms with van der Waals surface area (Å²) in [5.41, 5.74) is 3.48. The molecule has 0 unspecified atom stereocenters. The molecule has 26 heavy (non-hydrogen) atoms. The van der Waals surface area contributed by atoms with Crippen LogP contribution >= 0.6 is 35.3 Å². The van der Waals surface area contributed by atoms with Crippen LogP contribution in [0.5, 0.6) is 0 Å². The van der Waals surface area contributed by atoms with Gasteiger partial charge in [0.15, 0.2) is 5.96 Å². The molecule has 1 aromatic heterocycles. The van der Waals surface area contributed by atoms with Crippen molar-refractivity contribution in [2.24, 2.45) is 4.99 Å². The van der Waals surface area contributed by atoms with E-state index in [1.165, 1.54) is 16.0 Å². The summed E-state index contributed by atoms with van der Waals surface area (Å²) in [6, 6.07) is 8.30. The normalized spacial score (nSPS) is 11.2. The summed E-state index contributed by atoms with van der Waals surface area (Å²) in [7, 11) is 0. The molecule has 2 rings (SSSR count). The van der Waals surface area contributed by atoms with Crippen LogP contribution in [0.2, 0.25) is 0 Å². The van der Waals surface area contributed by atoms with Crippen molar-refractivity contribution in [3.63, 3.8) is 0 Å². The van der Waals surface area contributed by atoms with E-state index < -0.39 is 0 Å². The van der Waals surface area contributed by atoms with E-state index in [-0.39, 0.29) is 24.0 Å². The summed E-state index contributed by atoms with van der Waals surface area (Å²) in [6.45, 7) is 11.7. The van der Waals surface area contributed by atoms with E-state index in [9.17, 15) is 0 Å². The second-order valence-corrected chi connectivity index (χ2v) is 6.98. The Kier molecular flexibility index (Phi) is 10.8. The molecule has 0 saturated heterocycles. The Morgan fingerprint density at radius 1 is 1.15 bits per heavy atom. The van der Waals surface area contributed by atoms with Gasteiger partial charge in [-0.1, -0.05) is 24.3 Å². The molecule has 0 spiro atoms. The number of thiazole rings is 1. The molecule has 0 aliphatic rings. The van der Waals surface area contributed by atoms with Gasteiger partial charge >= 0.3 is 0 Å². The third-order valence-corrected chi connectivity index (χ3v) is 4.82. The van der Waals surface area contributed by atoms with Crippen LogP contribution in [-0.2, 0) is 24.4 Å². The number of aryl methyl sites for hydroxylation is 2. The van der Waals surface area contributed by atoms with Gasteiger partial charge in [-0.25, -0.2) is 9.98 Å². The maximum atomic E-state index is 5.55. The Hall–Kier alpha value is -1.19. The number of guanidine groups is 1. The fraction of sp³-hybridized carbons (Fsp3) is 0.474. The molecule has 0 saturated carbocycles. The number of nitrogens with one attached hydrogen (secondary N) is 2. The van der Waals surface area contributed by atoms with E-state index in [0.29, 0.717) is 13.2 Å². The van der Waals surface area contributed by atoms with E-state index in [1.807, 2.05) is 26.0 Å². The SMILES string of the molecule is CCNC(=NCc1ccccc1COCC)NCc1sc(C)nc1C.I. The number of rotatable bonds is 8. The van der Waals surface area contributed by atoms with Crippen molar-refractivity contribution < 1.29 is 4.74 Å². The lowest BCUT2D eigenvalue weighted by Gasteiger charge is -2.12. The molecule has 0 fully saturated rings. The van der Waals surface area contributed by atoms with Crippen molar-refractivity contribution in [2.75, 3.05) is 13.2 Å². The van der Waals surface area contributed by atoms with Gasteiger partial charge in [0, 0.05) is 18.0 Å². The highest BCUT2D eigenvalue weighted by Gasteiger charge is 2.06. The van der Waals surface area contributed by atoms with Crippen LogP contribution in [0.1, 0.15) is 40.6 Å². The first-order valence-corrected chi connectivity index (χ1v) is 9.55. The topological polar surface area (TPSA) is 58.5 Å². The van der Waals surface area contributed by atoms with Crippen molar-refractivity contribution in [1.29, 1.82) is 0 Å². The maximum Gasteiger partial charge on any atom is 0.191 e. The number of halogens is 1. The Balaban J connectivity index is 0.00000338. The van der Waals surface area contributed by atoms with Gasteiger partial charge in [0.2, 0.25) is 0 Å². The lowest BCUT2D eigenvalue weighted by Crippen LogP contribution is -2.36. The molecule has 5 nitrogen and oxygen atoms in total. The summed E-state index contributed by atoms with van der Waals surface area (Å²) in [6.07, 6.45) is 0. The number of hydrogen-bond acceptors (Lipinski definition) is 4. The Morgan fingerprint density at radius 2 is 1.88 bits per heavy atom. The third-order valence-electron chi connectivity index (χ3n) is 3.75. The summed E-state index contributed by atoms with van der Waals surface area (Å²) < 4.78 is 5.55. The highest BCUT2D eigenvalue weighted by Crippen LogP contribution is 2.16. The van der Waals surface area contributed by atoms with Crippen LogP contribution < -0.4 is 10.6 Å². The summed E-state index contributed by atoms with van der Waals surface area (Å²) in [5, 5.41) is 7.80. The molecule has 0 aliphatic carbocycles. The number of hydrogen-bond donors (Lipinski definition) is 2. The predicted molar refractivity (Wildman–Crippen MR) is 120 cm³/mol. The van der Waals surface area contributed by atoms with Crippen LogP contribution in [0.3, 0.4) is 0 Å². The van der Waals surface area contributed by atoms with Crippen LogP contribution in [0.25, 0.3) is 0 Å². The largest absolute Gasteiger partial charge is 0.377 e. The van der Waals surface area contributed by atoms with E-state index in [1.54, 1.807) is 11.3 Å². The van der Waals surface area contributed by atoms with Crippen molar-refractivity contribution in [2.45, 2.75) is 47.4 Å². The molecule has 1 heterocycles. The molecular formula is C19H29IN4OS. The second-order valence-electron chi connectivity index (χ2n) is 5.70. The minimum atomic E-state index is 0. The zero-order valence-corrected chi connectivity index (χ0v) is 19.1. The Morgan fingerprint density at radius 3 is 2.50 bits per heavy atom. The second kappa shape index (κ2) is 12.2. The standard InChI is InChI=1S/C19H28N4OS.HI/c1-5-20-19(22-12-18-14(3)23-15(4)25-18)21-11-16-9-7-8-10-17(16)13-24-6-2;/h7-10H,5-6,11-13H2,1-4H3,(H2,20,21,22);1H. The van der Waals surface area contributed by atoms with E-state index in [0.717, 1.165) is 36.4 Å². The first-order chi connectivity index (χ1) is 12.1. The zero-order valence-electron chi connectivity index (χ0n) is 16.0. The molecule has 7 heteroatoms. The number of aliphatic imine (C=N–C) groups is 1. The number of ether oxygens (including phenoxy) is 1. The van der Waals surface area contributed by atoms with Gasteiger partial charge in [-0.05, 0) is 38.8 Å². The van der Waals surface area contributed by atoms with Crippen molar-refractivity contribution in [3.8, 4) is 0 Å². The lowest BCUT2D eigenvalue weighted by molar-refractivity contribution is 0.133. The van der Waals surface area contributed by atoms with Crippen molar-refractivity contribution in [3.05, 3.63) is 51.0 Å². The monoisotopic (exact) mass is 488 g/mol. The predicted octanol–water partition coefficient (Wildman–Crippen LogP) is 4.17. The van der Waals surface area contributed by atoms with Gasteiger partial charge in [-0.15, -0.1) is 35.3 Å². The molecule has 0 aliphatic heterocycles. The first-order valence-electron chi connectivity index (χ1n) is 8.73. The highest BCUT2D eigenvalue weighted by molar-refractivity contribution is 14.0. The minimum absolute atomic E-state index is 0. The van der Waals surface area contributed by atoms with Crippen LogP contribution in [-0.4, -0.2) is 24.1 Å². The molecule has 0 atom stereocenters. The van der Waals surface area contributed by atoms with Gasteiger partial charge in [-0.3, -0.25) is 0 Å². The van der Waals surface area contributed by atoms with Gasteiger partial charge in [0.25, 0.3) is 0 Å². The molecule has 0 bridgehead atoms. The van der Waals surface area contributed by atoms with Crippen LogP contribution in [0, 0.1) is 13.8 Å². The summed E-state index contributed by atoms with van der Waals surface area (Å²) >= 11 is 1.73. The minimum Gasteiger partial charge on any atom is -0.377 e. The number of nitrogens with zero attached hydrogens (tertiary/aromatic N) is 2.